The number of hydrogen-bond acceptors (Lipinski definition) is 2. The van der Waals surface area contributed by atoms with Gasteiger partial charge in [0, 0.05) is 5.56 Å². The minimum atomic E-state index is -0.371. The minimum absolute atomic E-state index is 0.124. The molecule has 3 nitrogen and oxygen atoms in total. The van der Waals surface area contributed by atoms with Crippen molar-refractivity contribution < 1.29 is 9.59 Å². The normalized spacial score (nSPS) is 21.7. The van der Waals surface area contributed by atoms with Crippen LogP contribution < -0.4 is 5.32 Å². The fourth-order valence-corrected chi connectivity index (χ4v) is 2.13. The molecular formula is C11H9NO2. The Labute approximate surface area is 81.1 Å². The summed E-state index contributed by atoms with van der Waals surface area (Å²) in [5.41, 5.74) is 1.20. The molecule has 1 saturated carbocycles. The fourth-order valence-electron chi connectivity index (χ4n) is 2.13. The Bertz CT molecular complexity index is 446. The maximum atomic E-state index is 11.6. The fraction of sp³-hybridized carbons (Fsp3) is 0.273. The smallest absolute Gasteiger partial charge is 0.258 e. The first-order valence-electron chi connectivity index (χ1n) is 4.69. The highest BCUT2D eigenvalue weighted by Crippen LogP contribution is 2.50. The van der Waals surface area contributed by atoms with Gasteiger partial charge in [0.15, 0.2) is 0 Å². The summed E-state index contributed by atoms with van der Waals surface area (Å²) in [6, 6.07) is 7.37. The van der Waals surface area contributed by atoms with Gasteiger partial charge in [-0.3, -0.25) is 14.9 Å². The molecule has 14 heavy (non-hydrogen) atoms. The molecule has 2 amide bonds. The van der Waals surface area contributed by atoms with Crippen LogP contribution in [0.15, 0.2) is 24.3 Å². The second-order valence-corrected chi connectivity index (χ2v) is 3.91. The van der Waals surface area contributed by atoms with E-state index in [1.165, 1.54) is 0 Å². The van der Waals surface area contributed by atoms with Gasteiger partial charge in [-0.2, -0.15) is 0 Å². The van der Waals surface area contributed by atoms with Crippen molar-refractivity contribution in [1.29, 1.82) is 0 Å². The quantitative estimate of drug-likeness (QED) is 0.615. The lowest BCUT2D eigenvalue weighted by Crippen LogP contribution is -2.44. The first-order valence-corrected chi connectivity index (χ1v) is 4.69. The topological polar surface area (TPSA) is 46.2 Å². The van der Waals surface area contributed by atoms with Gasteiger partial charge in [0.2, 0.25) is 5.91 Å². The molecule has 0 unspecified atom stereocenters. The van der Waals surface area contributed by atoms with E-state index in [-0.39, 0.29) is 17.2 Å². The summed E-state index contributed by atoms with van der Waals surface area (Å²) in [5, 5.41) is 2.41. The molecule has 1 aliphatic carbocycles. The van der Waals surface area contributed by atoms with E-state index in [0.717, 1.165) is 18.4 Å². The third kappa shape index (κ3) is 0.769. The minimum Gasteiger partial charge on any atom is -0.292 e. The molecule has 1 spiro atoms. The van der Waals surface area contributed by atoms with Gasteiger partial charge in [-0.1, -0.05) is 18.2 Å². The molecule has 1 N–H and O–H groups in total. The average molecular weight is 187 g/mol. The van der Waals surface area contributed by atoms with E-state index in [4.69, 9.17) is 0 Å². The lowest BCUT2D eigenvalue weighted by molar-refractivity contribution is -0.122. The SMILES string of the molecule is O=C1NC(=O)C2(CC2)c2ccccc21. The van der Waals surface area contributed by atoms with E-state index < -0.39 is 0 Å². The van der Waals surface area contributed by atoms with Gasteiger partial charge >= 0.3 is 0 Å². The van der Waals surface area contributed by atoms with Crippen LogP contribution in [0, 0.1) is 0 Å². The Hall–Kier alpha value is -1.64. The number of nitrogens with one attached hydrogen (secondary N) is 1. The predicted molar refractivity (Wildman–Crippen MR) is 49.8 cm³/mol. The summed E-state index contributed by atoms with van der Waals surface area (Å²) in [6.45, 7) is 0. The van der Waals surface area contributed by atoms with Crippen molar-refractivity contribution in [3.63, 3.8) is 0 Å². The van der Waals surface area contributed by atoms with E-state index in [0.29, 0.717) is 5.56 Å². The largest absolute Gasteiger partial charge is 0.292 e. The molecule has 3 rings (SSSR count). The van der Waals surface area contributed by atoms with Crippen molar-refractivity contribution >= 4 is 11.8 Å². The summed E-state index contributed by atoms with van der Waals surface area (Å²) in [5.74, 6) is -0.385. The zero-order chi connectivity index (χ0) is 9.76. The third-order valence-corrected chi connectivity index (χ3v) is 3.10. The van der Waals surface area contributed by atoms with Crippen LogP contribution in [0.5, 0.6) is 0 Å². The van der Waals surface area contributed by atoms with Crippen molar-refractivity contribution in [1.82, 2.24) is 5.32 Å². The summed E-state index contributed by atoms with van der Waals surface area (Å²) in [7, 11) is 0. The van der Waals surface area contributed by atoms with E-state index in [9.17, 15) is 9.59 Å². The van der Waals surface area contributed by atoms with E-state index in [1.807, 2.05) is 18.2 Å². The predicted octanol–water partition coefficient (Wildman–Crippen LogP) is 0.988. The molecule has 2 aliphatic rings. The van der Waals surface area contributed by atoms with Crippen molar-refractivity contribution in [3.8, 4) is 0 Å². The average Bonchev–Trinajstić information content (AvgIpc) is 2.97. The maximum absolute atomic E-state index is 11.6. The first-order chi connectivity index (χ1) is 6.74. The monoisotopic (exact) mass is 187 g/mol. The Kier molecular flexibility index (Phi) is 1.23. The molecule has 70 valence electrons. The highest BCUT2D eigenvalue weighted by atomic mass is 16.2. The number of rotatable bonds is 0. The van der Waals surface area contributed by atoms with E-state index in [2.05, 4.69) is 5.32 Å². The van der Waals surface area contributed by atoms with Crippen LogP contribution in [-0.2, 0) is 10.2 Å². The first kappa shape index (κ1) is 7.74. The molecule has 3 heteroatoms. The van der Waals surface area contributed by atoms with Crippen LogP contribution in [0.25, 0.3) is 0 Å². The zero-order valence-electron chi connectivity index (χ0n) is 7.54. The van der Waals surface area contributed by atoms with Crippen LogP contribution in [0.3, 0.4) is 0 Å². The maximum Gasteiger partial charge on any atom is 0.258 e. The summed E-state index contributed by atoms with van der Waals surface area (Å²) in [4.78, 5) is 23.1. The van der Waals surface area contributed by atoms with Gasteiger partial charge in [-0.05, 0) is 24.5 Å². The second kappa shape index (κ2) is 2.23. The van der Waals surface area contributed by atoms with Crippen molar-refractivity contribution in [2.75, 3.05) is 0 Å². The van der Waals surface area contributed by atoms with Crippen molar-refractivity contribution in [3.05, 3.63) is 35.4 Å². The van der Waals surface area contributed by atoms with Crippen LogP contribution in [0.1, 0.15) is 28.8 Å². The van der Waals surface area contributed by atoms with Crippen LogP contribution in [-0.4, -0.2) is 11.8 Å². The van der Waals surface area contributed by atoms with Gasteiger partial charge in [0.1, 0.15) is 0 Å². The van der Waals surface area contributed by atoms with Gasteiger partial charge < -0.3 is 0 Å². The highest BCUT2D eigenvalue weighted by molar-refractivity contribution is 6.14. The Morgan fingerprint density at radius 2 is 1.86 bits per heavy atom. The molecule has 0 aromatic heterocycles. The van der Waals surface area contributed by atoms with E-state index in [1.54, 1.807) is 6.07 Å². The lowest BCUT2D eigenvalue weighted by atomic mass is 9.87. The molecule has 0 atom stereocenters. The highest BCUT2D eigenvalue weighted by Gasteiger charge is 2.55. The van der Waals surface area contributed by atoms with Gasteiger partial charge in [0.05, 0.1) is 5.41 Å². The number of carbonyl (C=O) groups is 2. The van der Waals surface area contributed by atoms with Gasteiger partial charge in [0.25, 0.3) is 5.91 Å². The molecule has 1 aliphatic heterocycles. The summed E-state index contributed by atoms with van der Waals surface area (Å²) >= 11 is 0. The molecule has 0 bridgehead atoms. The number of benzene rings is 1. The Morgan fingerprint density at radius 1 is 1.14 bits per heavy atom. The Morgan fingerprint density at radius 3 is 2.57 bits per heavy atom. The molecule has 1 aromatic rings. The van der Waals surface area contributed by atoms with Crippen LogP contribution in [0.4, 0.5) is 0 Å². The molecule has 0 saturated heterocycles. The Balaban J connectivity index is 2.27. The number of imide groups is 1. The van der Waals surface area contributed by atoms with Crippen molar-refractivity contribution in [2.45, 2.75) is 18.3 Å². The number of amides is 2. The molecule has 0 radical (unpaired) electrons. The lowest BCUT2D eigenvalue weighted by Gasteiger charge is -2.23. The standard InChI is InChI=1S/C11H9NO2/c13-9-7-3-1-2-4-8(7)11(5-6-11)10(14)12-9/h1-4H,5-6H2,(H,12,13,14). The number of fused-ring (bicyclic) bond motifs is 2. The summed E-state index contributed by atoms with van der Waals surface area (Å²) in [6.07, 6.45) is 1.73. The third-order valence-electron chi connectivity index (χ3n) is 3.10. The van der Waals surface area contributed by atoms with Crippen molar-refractivity contribution in [2.24, 2.45) is 0 Å². The van der Waals surface area contributed by atoms with Gasteiger partial charge in [-0.25, -0.2) is 0 Å². The number of hydrogen-bond donors (Lipinski definition) is 1. The van der Waals surface area contributed by atoms with Crippen LogP contribution >= 0.6 is 0 Å². The van der Waals surface area contributed by atoms with Crippen LogP contribution in [0.2, 0.25) is 0 Å². The number of carbonyl (C=O) groups excluding carboxylic acids is 2. The zero-order valence-corrected chi connectivity index (χ0v) is 7.54. The van der Waals surface area contributed by atoms with E-state index >= 15 is 0 Å². The summed E-state index contributed by atoms with van der Waals surface area (Å²) < 4.78 is 0. The second-order valence-electron chi connectivity index (χ2n) is 3.91. The molecular weight excluding hydrogens is 178 g/mol. The molecule has 1 heterocycles. The van der Waals surface area contributed by atoms with Gasteiger partial charge in [-0.15, -0.1) is 0 Å². The molecule has 1 fully saturated rings. The molecule has 1 aromatic carbocycles.